The van der Waals surface area contributed by atoms with Crippen molar-refractivity contribution in [2.45, 2.75) is 32.0 Å². The Kier molecular flexibility index (Phi) is 4.63. The average Bonchev–Trinajstić information content (AvgIpc) is 2.47. The molecule has 0 saturated heterocycles. The summed E-state index contributed by atoms with van der Waals surface area (Å²) in [5.74, 6) is 0. The molecule has 5 heteroatoms. The fourth-order valence-electron chi connectivity index (χ4n) is 2.06. The number of nitrogens with zero attached hydrogens (tertiary/aromatic N) is 1. The van der Waals surface area contributed by atoms with Gasteiger partial charge in [0.1, 0.15) is 6.10 Å². The smallest absolute Gasteiger partial charge is 0.382 e. The highest BCUT2D eigenvalue weighted by molar-refractivity contribution is 5.30. The van der Waals surface area contributed by atoms with Crippen molar-refractivity contribution in [3.05, 3.63) is 65.0 Å². The Hall–Kier alpha value is -1.88. The van der Waals surface area contributed by atoms with Crippen molar-refractivity contribution < 1.29 is 18.3 Å². The number of hydrogen-bond donors (Lipinski definition) is 1. The van der Waals surface area contributed by atoms with Crippen LogP contribution in [0.3, 0.4) is 0 Å². The first-order valence-electron chi connectivity index (χ1n) is 6.72. The van der Waals surface area contributed by atoms with Gasteiger partial charge in [0.25, 0.3) is 0 Å². The lowest BCUT2D eigenvalue weighted by molar-refractivity contribution is -0.137. The normalized spacial score (nSPS) is 13.2. The Morgan fingerprint density at radius 2 is 1.76 bits per heavy atom. The predicted molar refractivity (Wildman–Crippen MR) is 73.7 cm³/mol. The Morgan fingerprint density at radius 1 is 1.10 bits per heavy atom. The second-order valence-electron chi connectivity index (χ2n) is 4.86. The molecule has 1 unspecified atom stereocenters. The van der Waals surface area contributed by atoms with E-state index in [1.54, 1.807) is 12.1 Å². The van der Waals surface area contributed by atoms with Gasteiger partial charge in [-0.3, -0.25) is 4.98 Å². The number of hydrogen-bond acceptors (Lipinski definition) is 2. The SMILES string of the molecule is CCCc1ccc(C(O)c2ccc(C(F)(F)F)cn2)cc1. The van der Waals surface area contributed by atoms with Gasteiger partial charge in [0.2, 0.25) is 0 Å². The summed E-state index contributed by atoms with van der Waals surface area (Å²) in [6.07, 6.45) is -2.72. The van der Waals surface area contributed by atoms with Crippen molar-refractivity contribution in [2.24, 2.45) is 0 Å². The van der Waals surface area contributed by atoms with Crippen LogP contribution in [0.1, 0.15) is 41.8 Å². The third kappa shape index (κ3) is 3.82. The van der Waals surface area contributed by atoms with Gasteiger partial charge in [-0.25, -0.2) is 0 Å². The van der Waals surface area contributed by atoms with E-state index in [1.807, 2.05) is 12.1 Å². The zero-order chi connectivity index (χ0) is 15.5. The maximum absolute atomic E-state index is 12.5. The summed E-state index contributed by atoms with van der Waals surface area (Å²) in [6.45, 7) is 2.08. The minimum Gasteiger partial charge on any atom is -0.382 e. The molecule has 1 N–H and O–H groups in total. The first-order chi connectivity index (χ1) is 9.91. The minimum absolute atomic E-state index is 0.200. The van der Waals surface area contributed by atoms with E-state index in [-0.39, 0.29) is 5.69 Å². The summed E-state index contributed by atoms with van der Waals surface area (Å²) in [6, 6.07) is 9.49. The summed E-state index contributed by atoms with van der Waals surface area (Å²) in [5.41, 5.74) is 1.15. The van der Waals surface area contributed by atoms with Gasteiger partial charge in [-0.15, -0.1) is 0 Å². The molecule has 2 nitrogen and oxygen atoms in total. The molecule has 112 valence electrons. The van der Waals surface area contributed by atoms with Crippen LogP contribution >= 0.6 is 0 Å². The summed E-state index contributed by atoms with van der Waals surface area (Å²) in [7, 11) is 0. The molecule has 0 aliphatic heterocycles. The lowest BCUT2D eigenvalue weighted by Gasteiger charge is -2.12. The van der Waals surface area contributed by atoms with Crippen LogP contribution in [0, 0.1) is 0 Å². The molecule has 0 fully saturated rings. The first kappa shape index (κ1) is 15.5. The Morgan fingerprint density at radius 3 is 2.24 bits per heavy atom. The molecule has 0 amide bonds. The molecule has 0 saturated carbocycles. The van der Waals surface area contributed by atoms with Crippen molar-refractivity contribution >= 4 is 0 Å². The Balaban J connectivity index is 2.17. The number of aromatic nitrogens is 1. The number of benzene rings is 1. The van der Waals surface area contributed by atoms with Crippen LogP contribution in [0.2, 0.25) is 0 Å². The number of halogens is 3. The van der Waals surface area contributed by atoms with Crippen LogP contribution in [0.4, 0.5) is 13.2 Å². The third-order valence-corrected chi connectivity index (χ3v) is 3.23. The van der Waals surface area contributed by atoms with Crippen molar-refractivity contribution in [2.75, 3.05) is 0 Å². The molecule has 1 atom stereocenters. The maximum atomic E-state index is 12.5. The first-order valence-corrected chi connectivity index (χ1v) is 6.72. The standard InChI is InChI=1S/C16H16F3NO/c1-2-3-11-4-6-12(7-5-11)15(21)14-9-8-13(10-20-14)16(17,18)19/h4-10,15,21H,2-3H2,1H3. The van der Waals surface area contributed by atoms with E-state index in [0.29, 0.717) is 5.56 Å². The fraction of sp³-hybridized carbons (Fsp3) is 0.312. The quantitative estimate of drug-likeness (QED) is 0.919. The van der Waals surface area contributed by atoms with E-state index < -0.39 is 17.8 Å². The number of pyridine rings is 1. The highest BCUT2D eigenvalue weighted by atomic mass is 19.4. The van der Waals surface area contributed by atoms with Crippen LogP contribution in [0.5, 0.6) is 0 Å². The van der Waals surface area contributed by atoms with Crippen LogP contribution < -0.4 is 0 Å². The fourth-order valence-corrected chi connectivity index (χ4v) is 2.06. The Bertz CT molecular complexity index is 576. The van der Waals surface area contributed by atoms with Gasteiger partial charge >= 0.3 is 6.18 Å². The van der Waals surface area contributed by atoms with Gasteiger partial charge in [-0.05, 0) is 29.7 Å². The molecule has 0 bridgehead atoms. The predicted octanol–water partition coefficient (Wildman–Crippen LogP) is 4.13. The highest BCUT2D eigenvalue weighted by Crippen LogP contribution is 2.29. The molecule has 2 rings (SSSR count). The van der Waals surface area contributed by atoms with Crippen molar-refractivity contribution in [1.82, 2.24) is 4.98 Å². The van der Waals surface area contributed by atoms with Crippen LogP contribution in [0.25, 0.3) is 0 Å². The number of aliphatic hydroxyl groups is 1. The second kappa shape index (κ2) is 6.26. The van der Waals surface area contributed by atoms with E-state index in [0.717, 1.165) is 30.7 Å². The number of alkyl halides is 3. The molecule has 1 aromatic carbocycles. The van der Waals surface area contributed by atoms with Gasteiger partial charge < -0.3 is 5.11 Å². The van der Waals surface area contributed by atoms with Gasteiger partial charge in [-0.2, -0.15) is 13.2 Å². The summed E-state index contributed by atoms with van der Waals surface area (Å²) >= 11 is 0. The third-order valence-electron chi connectivity index (χ3n) is 3.23. The minimum atomic E-state index is -4.42. The van der Waals surface area contributed by atoms with Crippen LogP contribution in [-0.4, -0.2) is 10.1 Å². The van der Waals surface area contributed by atoms with Gasteiger partial charge in [0.15, 0.2) is 0 Å². The summed E-state index contributed by atoms with van der Waals surface area (Å²) in [4.78, 5) is 3.71. The summed E-state index contributed by atoms with van der Waals surface area (Å²) < 4.78 is 37.4. The second-order valence-corrected chi connectivity index (χ2v) is 4.86. The number of rotatable bonds is 4. The van der Waals surface area contributed by atoms with E-state index in [4.69, 9.17) is 0 Å². The zero-order valence-electron chi connectivity index (χ0n) is 11.6. The van der Waals surface area contributed by atoms with Crippen molar-refractivity contribution in [3.63, 3.8) is 0 Å². The van der Waals surface area contributed by atoms with E-state index in [9.17, 15) is 18.3 Å². The molecular formula is C16H16F3NO. The summed E-state index contributed by atoms with van der Waals surface area (Å²) in [5, 5.41) is 10.2. The number of aliphatic hydroxyl groups excluding tert-OH is 1. The molecule has 1 aromatic heterocycles. The number of aryl methyl sites for hydroxylation is 1. The molecule has 0 radical (unpaired) electrons. The van der Waals surface area contributed by atoms with Crippen molar-refractivity contribution in [3.8, 4) is 0 Å². The van der Waals surface area contributed by atoms with E-state index >= 15 is 0 Å². The molecule has 1 heterocycles. The van der Waals surface area contributed by atoms with E-state index in [2.05, 4.69) is 11.9 Å². The Labute approximate surface area is 121 Å². The average molecular weight is 295 g/mol. The molecule has 21 heavy (non-hydrogen) atoms. The van der Waals surface area contributed by atoms with Gasteiger partial charge in [0, 0.05) is 6.20 Å². The molecule has 0 aliphatic rings. The molecular weight excluding hydrogens is 279 g/mol. The monoisotopic (exact) mass is 295 g/mol. The van der Waals surface area contributed by atoms with Crippen molar-refractivity contribution in [1.29, 1.82) is 0 Å². The molecule has 0 spiro atoms. The zero-order valence-corrected chi connectivity index (χ0v) is 11.6. The van der Waals surface area contributed by atoms with E-state index in [1.165, 1.54) is 6.07 Å². The molecule has 0 aliphatic carbocycles. The van der Waals surface area contributed by atoms with Gasteiger partial charge in [0.05, 0.1) is 11.3 Å². The van der Waals surface area contributed by atoms with Crippen LogP contribution in [-0.2, 0) is 12.6 Å². The topological polar surface area (TPSA) is 33.1 Å². The van der Waals surface area contributed by atoms with Gasteiger partial charge in [-0.1, -0.05) is 37.6 Å². The largest absolute Gasteiger partial charge is 0.417 e. The van der Waals surface area contributed by atoms with Crippen LogP contribution in [0.15, 0.2) is 42.6 Å². The molecule has 2 aromatic rings. The lowest BCUT2D eigenvalue weighted by atomic mass is 10.0. The maximum Gasteiger partial charge on any atom is 0.417 e. The highest BCUT2D eigenvalue weighted by Gasteiger charge is 2.30. The lowest BCUT2D eigenvalue weighted by Crippen LogP contribution is -2.08.